The number of pyridine rings is 1. The number of ketones is 1. The van der Waals surface area contributed by atoms with E-state index in [2.05, 4.69) is 43.1 Å². The van der Waals surface area contributed by atoms with Gasteiger partial charge in [-0.25, -0.2) is 4.98 Å². The number of hydrogen-bond acceptors (Lipinski definition) is 2. The molecular weight excluding hydrogens is 272 g/mol. The van der Waals surface area contributed by atoms with Gasteiger partial charge in [0.15, 0.2) is 0 Å². The largest absolute Gasteiger partial charge is 0.304 e. The fraction of sp³-hybridized carbons (Fsp3) is 0.263. The average molecular weight is 292 g/mol. The minimum atomic E-state index is 0.221. The number of rotatable bonds is 5. The molecule has 0 aliphatic rings. The van der Waals surface area contributed by atoms with E-state index in [0.29, 0.717) is 18.8 Å². The van der Waals surface area contributed by atoms with Gasteiger partial charge >= 0.3 is 0 Å². The Balaban J connectivity index is 1.71. The van der Waals surface area contributed by atoms with E-state index in [4.69, 9.17) is 0 Å². The lowest BCUT2D eigenvalue weighted by Gasteiger charge is -2.07. The van der Waals surface area contributed by atoms with E-state index < -0.39 is 0 Å². The second-order valence-electron chi connectivity index (χ2n) is 5.96. The molecule has 112 valence electrons. The maximum absolute atomic E-state index is 12.3. The number of Topliss-reactive ketones (excluding diaryl/α,β-unsaturated/α-hetero) is 1. The fourth-order valence-electron chi connectivity index (χ4n) is 2.66. The third-order valence-electron chi connectivity index (χ3n) is 3.94. The number of fused-ring (bicyclic) bond motifs is 1. The lowest BCUT2D eigenvalue weighted by Crippen LogP contribution is -2.09. The zero-order valence-electron chi connectivity index (χ0n) is 13.0. The highest BCUT2D eigenvalue weighted by Crippen LogP contribution is 2.15. The summed E-state index contributed by atoms with van der Waals surface area (Å²) >= 11 is 0. The monoisotopic (exact) mass is 292 g/mol. The Bertz CT molecular complexity index is 785. The Hall–Kier alpha value is -2.42. The number of imidazole rings is 1. The van der Waals surface area contributed by atoms with Crippen molar-refractivity contribution in [3.63, 3.8) is 0 Å². The summed E-state index contributed by atoms with van der Waals surface area (Å²) in [7, 11) is 0. The third-order valence-corrected chi connectivity index (χ3v) is 3.94. The average Bonchev–Trinajstić information content (AvgIpc) is 2.97. The number of carbonyl (C=O) groups is 1. The van der Waals surface area contributed by atoms with E-state index in [9.17, 15) is 4.79 Å². The highest BCUT2D eigenvalue weighted by atomic mass is 16.1. The van der Waals surface area contributed by atoms with Crippen molar-refractivity contribution in [2.24, 2.45) is 0 Å². The number of hydrogen-bond donors (Lipinski definition) is 0. The SMILES string of the molecule is CC(C)c1ccc(CC(=O)Cc2cccc3nccn23)cc1. The quantitative estimate of drug-likeness (QED) is 0.716. The van der Waals surface area contributed by atoms with Crippen LogP contribution in [-0.4, -0.2) is 15.2 Å². The summed E-state index contributed by atoms with van der Waals surface area (Å²) in [6, 6.07) is 14.2. The predicted molar refractivity (Wildman–Crippen MR) is 88.1 cm³/mol. The van der Waals surface area contributed by atoms with E-state index >= 15 is 0 Å². The lowest BCUT2D eigenvalue weighted by molar-refractivity contribution is -0.117. The second kappa shape index (κ2) is 6.14. The minimum Gasteiger partial charge on any atom is -0.304 e. The molecule has 3 aromatic rings. The second-order valence-corrected chi connectivity index (χ2v) is 5.96. The molecule has 2 heterocycles. The summed E-state index contributed by atoms with van der Waals surface area (Å²) in [4.78, 5) is 16.6. The van der Waals surface area contributed by atoms with Crippen LogP contribution < -0.4 is 0 Å². The van der Waals surface area contributed by atoms with Crippen molar-refractivity contribution in [1.29, 1.82) is 0 Å². The standard InChI is InChI=1S/C19H20N2O/c1-14(2)16-8-6-15(7-9-16)12-18(22)13-17-4-3-5-19-20-10-11-21(17)19/h3-11,14H,12-13H2,1-2H3. The molecule has 0 spiro atoms. The summed E-state index contributed by atoms with van der Waals surface area (Å²) in [5.41, 5.74) is 4.25. The predicted octanol–water partition coefficient (Wildman–Crippen LogP) is 3.81. The molecule has 0 saturated carbocycles. The van der Waals surface area contributed by atoms with Gasteiger partial charge in [-0.05, 0) is 29.2 Å². The Morgan fingerprint density at radius 3 is 2.59 bits per heavy atom. The molecule has 3 heteroatoms. The summed E-state index contributed by atoms with van der Waals surface area (Å²) in [5, 5.41) is 0. The van der Waals surface area contributed by atoms with Crippen LogP contribution in [0.1, 0.15) is 36.6 Å². The molecule has 0 aliphatic heterocycles. The van der Waals surface area contributed by atoms with Crippen molar-refractivity contribution in [2.75, 3.05) is 0 Å². The first-order valence-corrected chi connectivity index (χ1v) is 7.65. The van der Waals surface area contributed by atoms with Gasteiger partial charge in [-0.15, -0.1) is 0 Å². The number of carbonyl (C=O) groups excluding carboxylic acids is 1. The van der Waals surface area contributed by atoms with Crippen molar-refractivity contribution in [3.8, 4) is 0 Å². The normalized spacial score (nSPS) is 11.2. The van der Waals surface area contributed by atoms with Crippen molar-refractivity contribution in [1.82, 2.24) is 9.38 Å². The maximum atomic E-state index is 12.3. The summed E-state index contributed by atoms with van der Waals surface area (Å²) in [6.45, 7) is 4.35. The maximum Gasteiger partial charge on any atom is 0.143 e. The molecule has 3 rings (SSSR count). The van der Waals surface area contributed by atoms with Crippen LogP contribution in [0.2, 0.25) is 0 Å². The van der Waals surface area contributed by atoms with Crippen molar-refractivity contribution in [2.45, 2.75) is 32.6 Å². The molecule has 2 aromatic heterocycles. The molecule has 1 aromatic carbocycles. The molecule has 0 aliphatic carbocycles. The Kier molecular flexibility index (Phi) is 4.05. The fourth-order valence-corrected chi connectivity index (χ4v) is 2.66. The Morgan fingerprint density at radius 1 is 1.09 bits per heavy atom. The van der Waals surface area contributed by atoms with Crippen LogP contribution in [0.3, 0.4) is 0 Å². The zero-order valence-corrected chi connectivity index (χ0v) is 13.0. The molecule has 0 unspecified atom stereocenters. The molecule has 0 bridgehead atoms. The molecule has 22 heavy (non-hydrogen) atoms. The van der Waals surface area contributed by atoms with Crippen LogP contribution in [0.15, 0.2) is 54.9 Å². The first kappa shape index (κ1) is 14.5. The number of benzene rings is 1. The topological polar surface area (TPSA) is 34.4 Å². The van der Waals surface area contributed by atoms with E-state index in [-0.39, 0.29) is 5.78 Å². The Labute approximate surface area is 130 Å². The molecule has 0 saturated heterocycles. The van der Waals surface area contributed by atoms with Crippen LogP contribution >= 0.6 is 0 Å². The Morgan fingerprint density at radius 2 is 1.86 bits per heavy atom. The van der Waals surface area contributed by atoms with Gasteiger partial charge in [-0.1, -0.05) is 44.2 Å². The highest BCUT2D eigenvalue weighted by molar-refractivity contribution is 5.83. The highest BCUT2D eigenvalue weighted by Gasteiger charge is 2.09. The first-order chi connectivity index (χ1) is 10.6. The molecule has 3 nitrogen and oxygen atoms in total. The zero-order chi connectivity index (χ0) is 15.5. The third kappa shape index (κ3) is 3.08. The number of nitrogens with zero attached hydrogens (tertiary/aromatic N) is 2. The van der Waals surface area contributed by atoms with E-state index in [1.54, 1.807) is 6.20 Å². The van der Waals surface area contributed by atoms with Gasteiger partial charge in [0, 0.05) is 30.9 Å². The van der Waals surface area contributed by atoms with Gasteiger partial charge in [-0.3, -0.25) is 4.79 Å². The summed E-state index contributed by atoms with van der Waals surface area (Å²) < 4.78 is 1.97. The van der Waals surface area contributed by atoms with Crippen LogP contribution in [0.4, 0.5) is 0 Å². The van der Waals surface area contributed by atoms with Gasteiger partial charge in [0.2, 0.25) is 0 Å². The smallest absolute Gasteiger partial charge is 0.143 e. The van der Waals surface area contributed by atoms with Crippen molar-refractivity contribution >= 4 is 11.4 Å². The molecule has 0 N–H and O–H groups in total. The van der Waals surface area contributed by atoms with Crippen molar-refractivity contribution in [3.05, 3.63) is 71.7 Å². The van der Waals surface area contributed by atoms with Gasteiger partial charge in [-0.2, -0.15) is 0 Å². The van der Waals surface area contributed by atoms with E-state index in [1.165, 1.54) is 5.56 Å². The van der Waals surface area contributed by atoms with Crippen LogP contribution in [0.5, 0.6) is 0 Å². The summed E-state index contributed by atoms with van der Waals surface area (Å²) in [6.07, 6.45) is 4.56. The molecule has 0 amide bonds. The van der Waals surface area contributed by atoms with E-state index in [1.807, 2.05) is 28.8 Å². The first-order valence-electron chi connectivity index (χ1n) is 7.65. The molecule has 0 atom stereocenters. The van der Waals surface area contributed by atoms with Gasteiger partial charge in [0.25, 0.3) is 0 Å². The molecule has 0 radical (unpaired) electrons. The van der Waals surface area contributed by atoms with Gasteiger partial charge in [0.1, 0.15) is 11.4 Å². The molecular formula is C19H20N2O. The van der Waals surface area contributed by atoms with Crippen LogP contribution in [0, 0.1) is 0 Å². The van der Waals surface area contributed by atoms with Crippen molar-refractivity contribution < 1.29 is 4.79 Å². The minimum absolute atomic E-state index is 0.221. The van der Waals surface area contributed by atoms with E-state index in [0.717, 1.165) is 16.9 Å². The summed E-state index contributed by atoms with van der Waals surface area (Å²) in [5.74, 6) is 0.738. The van der Waals surface area contributed by atoms with Crippen LogP contribution in [0.25, 0.3) is 5.65 Å². The van der Waals surface area contributed by atoms with Gasteiger partial charge < -0.3 is 4.40 Å². The van der Waals surface area contributed by atoms with Gasteiger partial charge in [0.05, 0.1) is 0 Å². The lowest BCUT2D eigenvalue weighted by atomic mass is 9.99. The number of aromatic nitrogens is 2. The van der Waals surface area contributed by atoms with Crippen LogP contribution in [-0.2, 0) is 17.6 Å². The molecule has 0 fully saturated rings.